The van der Waals surface area contributed by atoms with E-state index in [1.165, 1.54) is 12.1 Å². The standard InChI is InChI=1S/C13H18F2O/c1-9(2)6-7-11(16)8-10-4-3-5-12(14)13(10)15/h3-5,9,11,16H,6-8H2,1-2H3. The summed E-state index contributed by atoms with van der Waals surface area (Å²) in [6.07, 6.45) is 1.08. The first-order chi connectivity index (χ1) is 7.50. The van der Waals surface area contributed by atoms with Crippen LogP contribution in [0, 0.1) is 17.6 Å². The molecule has 0 saturated carbocycles. The molecular weight excluding hydrogens is 210 g/mol. The predicted molar refractivity (Wildman–Crippen MR) is 60.1 cm³/mol. The number of hydrogen-bond acceptors (Lipinski definition) is 1. The van der Waals surface area contributed by atoms with E-state index in [9.17, 15) is 13.9 Å². The van der Waals surface area contributed by atoms with Crippen molar-refractivity contribution in [2.75, 3.05) is 0 Å². The van der Waals surface area contributed by atoms with Crippen molar-refractivity contribution in [3.63, 3.8) is 0 Å². The van der Waals surface area contributed by atoms with Gasteiger partial charge in [-0.15, -0.1) is 0 Å². The Morgan fingerprint density at radius 2 is 1.88 bits per heavy atom. The summed E-state index contributed by atoms with van der Waals surface area (Å²) in [7, 11) is 0. The van der Waals surface area contributed by atoms with E-state index in [0.29, 0.717) is 12.3 Å². The molecule has 16 heavy (non-hydrogen) atoms. The van der Waals surface area contributed by atoms with E-state index in [4.69, 9.17) is 0 Å². The van der Waals surface area contributed by atoms with Crippen molar-refractivity contribution in [3.8, 4) is 0 Å². The third kappa shape index (κ3) is 3.89. The minimum Gasteiger partial charge on any atom is -0.393 e. The van der Waals surface area contributed by atoms with Crippen molar-refractivity contribution in [3.05, 3.63) is 35.4 Å². The lowest BCUT2D eigenvalue weighted by Crippen LogP contribution is -2.13. The summed E-state index contributed by atoms with van der Waals surface area (Å²) in [5, 5.41) is 9.68. The highest BCUT2D eigenvalue weighted by atomic mass is 19.2. The van der Waals surface area contributed by atoms with E-state index in [2.05, 4.69) is 13.8 Å². The first-order valence-corrected chi connectivity index (χ1v) is 5.61. The zero-order valence-electron chi connectivity index (χ0n) is 9.71. The van der Waals surface area contributed by atoms with Crippen LogP contribution >= 0.6 is 0 Å². The molecule has 1 N–H and O–H groups in total. The Kier molecular flexibility index (Phi) is 4.87. The van der Waals surface area contributed by atoms with Gasteiger partial charge in [0.1, 0.15) is 0 Å². The van der Waals surface area contributed by atoms with Crippen LogP contribution in [0.15, 0.2) is 18.2 Å². The molecule has 0 spiro atoms. The fourth-order valence-electron chi connectivity index (χ4n) is 1.59. The van der Waals surface area contributed by atoms with Crippen LogP contribution in [0.2, 0.25) is 0 Å². The molecule has 0 heterocycles. The molecule has 0 radical (unpaired) electrons. The Balaban J connectivity index is 2.56. The van der Waals surface area contributed by atoms with E-state index < -0.39 is 17.7 Å². The molecule has 0 aromatic heterocycles. The lowest BCUT2D eigenvalue weighted by atomic mass is 9.99. The molecule has 0 bridgehead atoms. The quantitative estimate of drug-likeness (QED) is 0.819. The first kappa shape index (κ1) is 13.1. The number of rotatable bonds is 5. The van der Waals surface area contributed by atoms with Gasteiger partial charge in [0, 0.05) is 6.42 Å². The Morgan fingerprint density at radius 3 is 2.50 bits per heavy atom. The van der Waals surface area contributed by atoms with Crippen LogP contribution in [0.25, 0.3) is 0 Å². The van der Waals surface area contributed by atoms with Crippen LogP contribution in [0.3, 0.4) is 0 Å². The van der Waals surface area contributed by atoms with Crippen molar-refractivity contribution in [2.24, 2.45) is 5.92 Å². The largest absolute Gasteiger partial charge is 0.393 e. The fourth-order valence-corrected chi connectivity index (χ4v) is 1.59. The molecule has 0 saturated heterocycles. The molecule has 3 heteroatoms. The third-order valence-corrected chi connectivity index (χ3v) is 2.56. The average Bonchev–Trinajstić information content (AvgIpc) is 2.22. The molecule has 0 aliphatic heterocycles. The lowest BCUT2D eigenvalue weighted by molar-refractivity contribution is 0.155. The first-order valence-electron chi connectivity index (χ1n) is 5.61. The molecule has 0 aliphatic carbocycles. The summed E-state index contributed by atoms with van der Waals surface area (Å²) < 4.78 is 26.2. The Bertz CT molecular complexity index is 337. The van der Waals surface area contributed by atoms with Crippen LogP contribution < -0.4 is 0 Å². The summed E-state index contributed by atoms with van der Waals surface area (Å²) >= 11 is 0. The van der Waals surface area contributed by atoms with E-state index in [1.54, 1.807) is 0 Å². The van der Waals surface area contributed by atoms with E-state index in [1.807, 2.05) is 0 Å². The van der Waals surface area contributed by atoms with E-state index in [-0.39, 0.29) is 12.0 Å². The molecule has 1 aromatic rings. The minimum atomic E-state index is -0.853. The maximum absolute atomic E-state index is 13.3. The van der Waals surface area contributed by atoms with Gasteiger partial charge in [0.25, 0.3) is 0 Å². The summed E-state index contributed by atoms with van der Waals surface area (Å²) in [6.45, 7) is 4.13. The zero-order valence-corrected chi connectivity index (χ0v) is 9.71. The van der Waals surface area contributed by atoms with Crippen molar-refractivity contribution in [1.82, 2.24) is 0 Å². The van der Waals surface area contributed by atoms with E-state index >= 15 is 0 Å². The van der Waals surface area contributed by atoms with Gasteiger partial charge in [-0.25, -0.2) is 8.78 Å². The number of aliphatic hydroxyl groups is 1. The number of aliphatic hydroxyl groups excluding tert-OH is 1. The van der Waals surface area contributed by atoms with E-state index in [0.717, 1.165) is 12.5 Å². The van der Waals surface area contributed by atoms with Gasteiger partial charge in [0.15, 0.2) is 11.6 Å². The molecule has 1 aromatic carbocycles. The smallest absolute Gasteiger partial charge is 0.162 e. The Morgan fingerprint density at radius 1 is 1.19 bits per heavy atom. The second-order valence-electron chi connectivity index (χ2n) is 4.54. The van der Waals surface area contributed by atoms with Gasteiger partial charge >= 0.3 is 0 Å². The second-order valence-corrected chi connectivity index (χ2v) is 4.54. The number of halogens is 2. The Hall–Kier alpha value is -0.960. The molecule has 1 nitrogen and oxygen atoms in total. The maximum Gasteiger partial charge on any atom is 0.162 e. The van der Waals surface area contributed by atoms with Crippen molar-refractivity contribution >= 4 is 0 Å². The van der Waals surface area contributed by atoms with Crippen molar-refractivity contribution in [1.29, 1.82) is 0 Å². The van der Waals surface area contributed by atoms with Gasteiger partial charge in [-0.2, -0.15) is 0 Å². The molecule has 0 amide bonds. The average molecular weight is 228 g/mol. The van der Waals surface area contributed by atoms with Crippen LogP contribution in [0.1, 0.15) is 32.3 Å². The number of hydrogen-bond donors (Lipinski definition) is 1. The molecule has 90 valence electrons. The van der Waals surface area contributed by atoms with Crippen LogP contribution in [0.5, 0.6) is 0 Å². The highest BCUT2D eigenvalue weighted by Crippen LogP contribution is 2.16. The van der Waals surface area contributed by atoms with Crippen molar-refractivity contribution in [2.45, 2.75) is 39.2 Å². The summed E-state index contributed by atoms with van der Waals surface area (Å²) in [6, 6.07) is 4.05. The summed E-state index contributed by atoms with van der Waals surface area (Å²) in [5.74, 6) is -1.19. The SMILES string of the molecule is CC(C)CCC(O)Cc1cccc(F)c1F. The van der Waals surface area contributed by atoms with Crippen molar-refractivity contribution < 1.29 is 13.9 Å². The van der Waals surface area contributed by atoms with Crippen LogP contribution in [-0.2, 0) is 6.42 Å². The molecule has 1 rings (SSSR count). The minimum absolute atomic E-state index is 0.177. The highest BCUT2D eigenvalue weighted by Gasteiger charge is 2.12. The molecular formula is C13H18F2O. The summed E-state index contributed by atoms with van der Waals surface area (Å²) in [4.78, 5) is 0. The summed E-state index contributed by atoms with van der Waals surface area (Å²) in [5.41, 5.74) is 0.247. The zero-order chi connectivity index (χ0) is 12.1. The lowest BCUT2D eigenvalue weighted by Gasteiger charge is -2.12. The van der Waals surface area contributed by atoms with Gasteiger partial charge in [-0.1, -0.05) is 26.0 Å². The monoisotopic (exact) mass is 228 g/mol. The number of benzene rings is 1. The second kappa shape index (κ2) is 5.94. The predicted octanol–water partition coefficient (Wildman–Crippen LogP) is 3.30. The molecule has 1 atom stereocenters. The fraction of sp³-hybridized carbons (Fsp3) is 0.538. The topological polar surface area (TPSA) is 20.2 Å². The van der Waals surface area contributed by atoms with Gasteiger partial charge in [0.05, 0.1) is 6.10 Å². The van der Waals surface area contributed by atoms with Gasteiger partial charge in [-0.3, -0.25) is 0 Å². The van der Waals surface area contributed by atoms with Gasteiger partial charge in [-0.05, 0) is 30.4 Å². The maximum atomic E-state index is 13.3. The highest BCUT2D eigenvalue weighted by molar-refractivity contribution is 5.19. The molecule has 1 unspecified atom stereocenters. The normalized spacial score (nSPS) is 13.1. The Labute approximate surface area is 95.1 Å². The van der Waals surface area contributed by atoms with Crippen LogP contribution in [0.4, 0.5) is 8.78 Å². The van der Waals surface area contributed by atoms with Gasteiger partial charge in [0.2, 0.25) is 0 Å². The van der Waals surface area contributed by atoms with Crippen LogP contribution in [-0.4, -0.2) is 11.2 Å². The molecule has 0 aliphatic rings. The van der Waals surface area contributed by atoms with Gasteiger partial charge < -0.3 is 5.11 Å². The molecule has 0 fully saturated rings. The third-order valence-electron chi connectivity index (χ3n) is 2.56.